The van der Waals surface area contributed by atoms with E-state index in [1.165, 1.54) is 0 Å². The van der Waals surface area contributed by atoms with Gasteiger partial charge < -0.3 is 5.73 Å². The van der Waals surface area contributed by atoms with Gasteiger partial charge in [0.25, 0.3) is 0 Å². The summed E-state index contributed by atoms with van der Waals surface area (Å²) >= 11 is 0. The fraction of sp³-hybridized carbons (Fsp3) is 0.333. The number of rotatable bonds is 4. The summed E-state index contributed by atoms with van der Waals surface area (Å²) in [6.45, 7) is -0.303. The van der Waals surface area contributed by atoms with Gasteiger partial charge in [-0.2, -0.15) is 0 Å². The van der Waals surface area contributed by atoms with Gasteiger partial charge >= 0.3 is 5.91 Å². The molecule has 11 N–H and O–H groups in total. The average molecular weight is 249 g/mol. The number of carbonyl (C=O) groups is 4. The molecule has 0 fully saturated rings. The molecule has 0 aliphatic carbocycles. The predicted molar refractivity (Wildman–Crippen MR) is 55.7 cm³/mol. The molecule has 0 aliphatic heterocycles. The molecule has 0 bridgehead atoms. The Bertz CT molecular complexity index is 264. The molecule has 0 rings (SSSR count). The molecule has 0 spiro atoms. The van der Waals surface area contributed by atoms with Crippen LogP contribution >= 0.6 is 0 Å². The highest BCUT2D eigenvalue weighted by Crippen LogP contribution is 1.73. The molecule has 0 saturated carbocycles. The SMILES string of the molecule is NCC(=O)C(=O)NN.NNC(=O)CC(=O)NN. The number of nitrogens with two attached hydrogens (primary N) is 4. The zero-order valence-electron chi connectivity index (χ0n) is 8.86. The zero-order valence-corrected chi connectivity index (χ0v) is 8.86. The van der Waals surface area contributed by atoms with Crippen molar-refractivity contribution in [1.29, 1.82) is 0 Å². The summed E-state index contributed by atoms with van der Waals surface area (Å²) in [6.07, 6.45) is -0.340. The minimum absolute atomic E-state index is 0.303. The molecule has 17 heavy (non-hydrogen) atoms. The van der Waals surface area contributed by atoms with Gasteiger partial charge in [-0.25, -0.2) is 17.5 Å². The van der Waals surface area contributed by atoms with Crippen molar-refractivity contribution in [3.05, 3.63) is 0 Å². The van der Waals surface area contributed by atoms with Crippen molar-refractivity contribution >= 4 is 23.5 Å². The number of ketones is 1. The van der Waals surface area contributed by atoms with Crippen LogP contribution in [0.3, 0.4) is 0 Å². The molecule has 0 radical (unpaired) electrons. The Balaban J connectivity index is 0. The van der Waals surface area contributed by atoms with Gasteiger partial charge in [0.2, 0.25) is 17.6 Å². The largest absolute Gasteiger partial charge is 0.324 e. The summed E-state index contributed by atoms with van der Waals surface area (Å²) in [5.41, 5.74) is 9.98. The van der Waals surface area contributed by atoms with Crippen LogP contribution in [-0.2, 0) is 19.2 Å². The van der Waals surface area contributed by atoms with Crippen LogP contribution in [0.25, 0.3) is 0 Å². The van der Waals surface area contributed by atoms with Crippen molar-refractivity contribution in [3.63, 3.8) is 0 Å². The van der Waals surface area contributed by atoms with E-state index >= 15 is 0 Å². The number of carbonyl (C=O) groups excluding carboxylic acids is 4. The molecule has 0 aromatic rings. The maximum Gasteiger partial charge on any atom is 0.302 e. The van der Waals surface area contributed by atoms with Gasteiger partial charge in [-0.15, -0.1) is 0 Å². The molecule has 0 aromatic heterocycles. The van der Waals surface area contributed by atoms with E-state index in [2.05, 4.69) is 17.5 Å². The number of hydrogen-bond donors (Lipinski definition) is 7. The molecule has 11 nitrogen and oxygen atoms in total. The van der Waals surface area contributed by atoms with Crippen LogP contribution in [0.1, 0.15) is 6.42 Å². The average Bonchev–Trinajstić information content (AvgIpc) is 2.36. The van der Waals surface area contributed by atoms with Gasteiger partial charge in [-0.1, -0.05) is 0 Å². The number of Topliss-reactive ketones (excluding diaryl/α,β-unsaturated/α-hetero) is 1. The lowest BCUT2D eigenvalue weighted by Crippen LogP contribution is -2.39. The molecule has 3 amide bonds. The Hall–Kier alpha value is -2.08. The first-order valence-corrected chi connectivity index (χ1v) is 4.15. The molecule has 0 atom stereocenters. The van der Waals surface area contributed by atoms with Crippen molar-refractivity contribution in [2.45, 2.75) is 6.42 Å². The summed E-state index contributed by atoms with van der Waals surface area (Å²) in [6, 6.07) is 0. The molecule has 0 aliphatic rings. The van der Waals surface area contributed by atoms with Crippen molar-refractivity contribution in [2.75, 3.05) is 6.54 Å². The van der Waals surface area contributed by atoms with Gasteiger partial charge in [0.15, 0.2) is 0 Å². The predicted octanol–water partition coefficient (Wildman–Crippen LogP) is -5.14. The van der Waals surface area contributed by atoms with E-state index in [4.69, 9.17) is 5.73 Å². The van der Waals surface area contributed by atoms with Crippen LogP contribution in [0.15, 0.2) is 0 Å². The van der Waals surface area contributed by atoms with E-state index in [1.54, 1.807) is 16.3 Å². The Morgan fingerprint density at radius 2 is 1.24 bits per heavy atom. The molecular weight excluding hydrogens is 234 g/mol. The first kappa shape index (κ1) is 17.3. The highest BCUT2D eigenvalue weighted by atomic mass is 16.2. The van der Waals surface area contributed by atoms with Crippen LogP contribution in [0.2, 0.25) is 0 Å². The second kappa shape index (κ2) is 10.4. The Morgan fingerprint density at radius 3 is 1.41 bits per heavy atom. The molecule has 0 heterocycles. The van der Waals surface area contributed by atoms with Crippen molar-refractivity contribution in [2.24, 2.45) is 23.3 Å². The minimum Gasteiger partial charge on any atom is -0.324 e. The molecule has 0 saturated heterocycles. The van der Waals surface area contributed by atoms with E-state index in [0.717, 1.165) is 0 Å². The van der Waals surface area contributed by atoms with Crippen molar-refractivity contribution in [1.82, 2.24) is 16.3 Å². The molecule has 11 heteroatoms. The quantitative estimate of drug-likeness (QED) is 0.0839. The van der Waals surface area contributed by atoms with Gasteiger partial charge in [-0.3, -0.25) is 35.5 Å². The van der Waals surface area contributed by atoms with Crippen LogP contribution in [0.5, 0.6) is 0 Å². The lowest BCUT2D eigenvalue weighted by Gasteiger charge is -1.95. The Labute approximate surface area is 96.1 Å². The summed E-state index contributed by atoms with van der Waals surface area (Å²) < 4.78 is 0. The molecular formula is C6H15N7O4. The van der Waals surface area contributed by atoms with E-state index in [1.807, 2.05) is 0 Å². The number of hydrazine groups is 3. The monoisotopic (exact) mass is 249 g/mol. The van der Waals surface area contributed by atoms with Crippen LogP contribution < -0.4 is 39.5 Å². The topological polar surface area (TPSA) is 208 Å². The van der Waals surface area contributed by atoms with Gasteiger partial charge in [-0.05, 0) is 0 Å². The van der Waals surface area contributed by atoms with E-state index in [9.17, 15) is 19.2 Å². The number of hydrogen-bond acceptors (Lipinski definition) is 8. The fourth-order valence-electron chi connectivity index (χ4n) is 0.421. The van der Waals surface area contributed by atoms with Gasteiger partial charge in [0.05, 0.1) is 6.54 Å². The van der Waals surface area contributed by atoms with Crippen molar-refractivity contribution in [3.8, 4) is 0 Å². The maximum atomic E-state index is 10.2. The third kappa shape index (κ3) is 10.2. The normalized spacial score (nSPS) is 8.24. The third-order valence-corrected chi connectivity index (χ3v) is 1.21. The fourth-order valence-corrected chi connectivity index (χ4v) is 0.421. The Morgan fingerprint density at radius 1 is 0.824 bits per heavy atom. The third-order valence-electron chi connectivity index (χ3n) is 1.21. The highest BCUT2D eigenvalue weighted by Gasteiger charge is 2.06. The van der Waals surface area contributed by atoms with E-state index < -0.39 is 23.5 Å². The number of amides is 3. The summed E-state index contributed by atoms with van der Waals surface area (Å²) in [5.74, 6) is 11.2. The minimum atomic E-state index is -0.854. The standard InChI is InChI=1S/C3H8N4O2.C3H7N3O2/c4-6-2(8)1-3(9)7-5;4-1-2(7)3(8)6-5/h1,4-5H2,(H,6,8)(H,7,9);1,4-5H2,(H,6,8). The molecule has 98 valence electrons. The first-order valence-electron chi connectivity index (χ1n) is 4.15. The molecule has 0 unspecified atom stereocenters. The van der Waals surface area contributed by atoms with Gasteiger partial charge in [0.1, 0.15) is 6.42 Å². The summed E-state index contributed by atoms with van der Waals surface area (Å²) in [4.78, 5) is 40.7. The Kier molecular flexibility index (Phi) is 10.6. The molecule has 0 aromatic carbocycles. The van der Waals surface area contributed by atoms with E-state index in [0.29, 0.717) is 0 Å². The first-order chi connectivity index (χ1) is 7.92. The lowest BCUT2D eigenvalue weighted by molar-refractivity contribution is -0.137. The second-order valence-corrected chi connectivity index (χ2v) is 2.41. The highest BCUT2D eigenvalue weighted by molar-refractivity contribution is 6.36. The summed E-state index contributed by atoms with van der Waals surface area (Å²) in [5, 5.41) is 0. The second-order valence-electron chi connectivity index (χ2n) is 2.41. The maximum absolute atomic E-state index is 10.2. The van der Waals surface area contributed by atoms with Crippen LogP contribution in [0, 0.1) is 0 Å². The summed E-state index contributed by atoms with van der Waals surface area (Å²) in [7, 11) is 0. The van der Waals surface area contributed by atoms with Crippen LogP contribution in [0.4, 0.5) is 0 Å². The number of nitrogens with one attached hydrogen (secondary N) is 3. The van der Waals surface area contributed by atoms with Crippen molar-refractivity contribution < 1.29 is 19.2 Å². The lowest BCUT2D eigenvalue weighted by atomic mass is 10.4. The van der Waals surface area contributed by atoms with Gasteiger partial charge in [0, 0.05) is 0 Å². The zero-order chi connectivity index (χ0) is 13.8. The van der Waals surface area contributed by atoms with Crippen LogP contribution in [-0.4, -0.2) is 30.0 Å². The van der Waals surface area contributed by atoms with E-state index in [-0.39, 0.29) is 13.0 Å². The smallest absolute Gasteiger partial charge is 0.302 e.